The van der Waals surface area contributed by atoms with Crippen LogP contribution in [0.2, 0.25) is 0 Å². The number of ether oxygens (including phenoxy) is 2. The molecule has 0 amide bonds. The van der Waals surface area contributed by atoms with Crippen LogP contribution in [0.5, 0.6) is 5.75 Å². The number of anilines is 1. The average molecular weight is 252 g/mol. The summed E-state index contributed by atoms with van der Waals surface area (Å²) < 4.78 is 28.7. The van der Waals surface area contributed by atoms with Gasteiger partial charge >= 0.3 is 0 Å². The number of hydrogen-bond donors (Lipinski definition) is 1. The molecule has 6 heteroatoms. The molecule has 2 rings (SSSR count). The van der Waals surface area contributed by atoms with Crippen molar-refractivity contribution in [3.63, 3.8) is 0 Å². The summed E-state index contributed by atoms with van der Waals surface area (Å²) in [5.41, 5.74) is 7.28. The molecule has 1 aromatic carbocycles. The van der Waals surface area contributed by atoms with E-state index < -0.39 is 5.82 Å². The minimum atomic E-state index is -0.484. The zero-order valence-electron chi connectivity index (χ0n) is 10.1. The second-order valence-corrected chi connectivity index (χ2v) is 3.70. The van der Waals surface area contributed by atoms with E-state index in [9.17, 15) is 4.39 Å². The molecule has 18 heavy (non-hydrogen) atoms. The predicted molar refractivity (Wildman–Crippen MR) is 63.6 cm³/mol. The number of methoxy groups -OCH3 is 2. The highest BCUT2D eigenvalue weighted by molar-refractivity contribution is 5.77. The van der Waals surface area contributed by atoms with Crippen LogP contribution in [0.25, 0.3) is 11.1 Å². The van der Waals surface area contributed by atoms with Gasteiger partial charge in [-0.05, 0) is 17.7 Å². The Morgan fingerprint density at radius 3 is 2.67 bits per heavy atom. The third kappa shape index (κ3) is 2.14. The Morgan fingerprint density at radius 2 is 2.11 bits per heavy atom. The SMILES string of the molecule is COCc1cc(F)c(OC)c(-c2cnoc2N)c1. The van der Waals surface area contributed by atoms with Gasteiger partial charge < -0.3 is 19.7 Å². The first kappa shape index (κ1) is 12.4. The van der Waals surface area contributed by atoms with Gasteiger partial charge in [-0.2, -0.15) is 0 Å². The molecule has 0 aliphatic heterocycles. The van der Waals surface area contributed by atoms with Gasteiger partial charge in [0.1, 0.15) is 0 Å². The van der Waals surface area contributed by atoms with E-state index in [0.29, 0.717) is 23.3 Å². The Hall–Kier alpha value is -2.08. The van der Waals surface area contributed by atoms with Crippen LogP contribution in [-0.4, -0.2) is 19.4 Å². The summed E-state index contributed by atoms with van der Waals surface area (Å²) in [7, 11) is 2.93. The molecular formula is C12H13FN2O3. The molecule has 2 aromatic rings. The van der Waals surface area contributed by atoms with Gasteiger partial charge in [0.15, 0.2) is 11.6 Å². The molecule has 0 saturated heterocycles. The summed E-state index contributed by atoms with van der Waals surface area (Å²) in [6, 6.07) is 3.09. The fourth-order valence-corrected chi connectivity index (χ4v) is 1.76. The lowest BCUT2D eigenvalue weighted by atomic mass is 10.0. The van der Waals surface area contributed by atoms with Gasteiger partial charge in [-0.1, -0.05) is 5.16 Å². The predicted octanol–water partition coefficient (Wildman–Crippen LogP) is 2.22. The molecule has 0 radical (unpaired) electrons. The molecule has 0 aliphatic carbocycles. The van der Waals surface area contributed by atoms with Crippen molar-refractivity contribution in [1.29, 1.82) is 0 Å². The highest BCUT2D eigenvalue weighted by Gasteiger charge is 2.17. The van der Waals surface area contributed by atoms with Crippen LogP contribution in [0.3, 0.4) is 0 Å². The molecule has 1 aromatic heterocycles. The summed E-state index contributed by atoms with van der Waals surface area (Å²) in [5, 5.41) is 3.57. The molecule has 1 heterocycles. The van der Waals surface area contributed by atoms with Crippen LogP contribution in [0.1, 0.15) is 5.56 Å². The smallest absolute Gasteiger partial charge is 0.230 e. The molecular weight excluding hydrogens is 239 g/mol. The molecule has 0 saturated carbocycles. The number of rotatable bonds is 4. The second kappa shape index (κ2) is 5.05. The van der Waals surface area contributed by atoms with E-state index in [1.54, 1.807) is 6.07 Å². The molecule has 0 unspecified atom stereocenters. The van der Waals surface area contributed by atoms with Gasteiger partial charge in [-0.3, -0.25) is 0 Å². The molecule has 0 aliphatic rings. The van der Waals surface area contributed by atoms with E-state index in [1.807, 2.05) is 0 Å². The number of benzene rings is 1. The maximum absolute atomic E-state index is 13.9. The third-order valence-corrected chi connectivity index (χ3v) is 2.51. The summed E-state index contributed by atoms with van der Waals surface area (Å²) in [6.45, 7) is 0.291. The fraction of sp³-hybridized carbons (Fsp3) is 0.250. The minimum Gasteiger partial charge on any atom is -0.493 e. The highest BCUT2D eigenvalue weighted by Crippen LogP contribution is 2.36. The maximum atomic E-state index is 13.9. The van der Waals surface area contributed by atoms with Crippen molar-refractivity contribution in [1.82, 2.24) is 5.16 Å². The Morgan fingerprint density at radius 1 is 1.33 bits per heavy atom. The number of nitrogen functional groups attached to an aromatic ring is 1. The number of aromatic nitrogens is 1. The molecule has 5 nitrogen and oxygen atoms in total. The number of nitrogens with two attached hydrogens (primary N) is 1. The Kier molecular flexibility index (Phi) is 3.47. The average Bonchev–Trinajstić information content (AvgIpc) is 2.75. The first-order valence-electron chi connectivity index (χ1n) is 5.23. The van der Waals surface area contributed by atoms with Crippen LogP contribution in [0.4, 0.5) is 10.3 Å². The summed E-state index contributed by atoms with van der Waals surface area (Å²) in [5.74, 6) is -0.269. The standard InChI is InChI=1S/C12H13FN2O3/c1-16-6-7-3-8(9-5-15-18-12(9)14)11(17-2)10(13)4-7/h3-5H,6,14H2,1-2H3. The van der Waals surface area contributed by atoms with Crippen molar-refractivity contribution in [2.24, 2.45) is 0 Å². The fourth-order valence-electron chi connectivity index (χ4n) is 1.76. The van der Waals surface area contributed by atoms with Crippen LogP contribution >= 0.6 is 0 Å². The van der Waals surface area contributed by atoms with E-state index in [4.69, 9.17) is 19.7 Å². The normalized spacial score (nSPS) is 10.6. The van der Waals surface area contributed by atoms with Gasteiger partial charge in [0.05, 0.1) is 25.5 Å². The first-order valence-corrected chi connectivity index (χ1v) is 5.23. The maximum Gasteiger partial charge on any atom is 0.230 e. The van der Waals surface area contributed by atoms with Crippen LogP contribution in [0.15, 0.2) is 22.9 Å². The van der Waals surface area contributed by atoms with E-state index in [0.717, 1.165) is 0 Å². The number of halogens is 1. The summed E-state index contributed by atoms with van der Waals surface area (Å²) in [4.78, 5) is 0. The summed E-state index contributed by atoms with van der Waals surface area (Å²) in [6.07, 6.45) is 1.42. The lowest BCUT2D eigenvalue weighted by molar-refractivity contribution is 0.184. The lowest BCUT2D eigenvalue weighted by Gasteiger charge is -2.10. The van der Waals surface area contributed by atoms with Crippen LogP contribution in [0, 0.1) is 5.82 Å². The lowest BCUT2D eigenvalue weighted by Crippen LogP contribution is -1.97. The number of hydrogen-bond acceptors (Lipinski definition) is 5. The minimum absolute atomic E-state index is 0.102. The topological polar surface area (TPSA) is 70.5 Å². The quantitative estimate of drug-likeness (QED) is 0.903. The summed E-state index contributed by atoms with van der Waals surface area (Å²) >= 11 is 0. The first-order chi connectivity index (χ1) is 8.67. The van der Waals surface area contributed by atoms with E-state index >= 15 is 0 Å². The van der Waals surface area contributed by atoms with Gasteiger partial charge in [0.2, 0.25) is 5.88 Å². The van der Waals surface area contributed by atoms with Gasteiger partial charge in [0, 0.05) is 12.7 Å². The monoisotopic (exact) mass is 252 g/mol. The zero-order chi connectivity index (χ0) is 13.1. The molecule has 0 atom stereocenters. The van der Waals surface area contributed by atoms with Gasteiger partial charge in [-0.15, -0.1) is 0 Å². The Balaban J connectivity index is 2.59. The molecule has 96 valence electrons. The van der Waals surface area contributed by atoms with Gasteiger partial charge in [-0.25, -0.2) is 4.39 Å². The Labute approximate surface area is 103 Å². The highest BCUT2D eigenvalue weighted by atomic mass is 19.1. The third-order valence-electron chi connectivity index (χ3n) is 2.51. The molecule has 0 bridgehead atoms. The number of nitrogens with zero attached hydrogens (tertiary/aromatic N) is 1. The van der Waals surface area contributed by atoms with Crippen molar-refractivity contribution in [2.75, 3.05) is 20.0 Å². The Bertz CT molecular complexity index is 554. The largest absolute Gasteiger partial charge is 0.493 e. The second-order valence-electron chi connectivity index (χ2n) is 3.70. The van der Waals surface area contributed by atoms with E-state index in [2.05, 4.69) is 5.16 Å². The molecule has 0 spiro atoms. The van der Waals surface area contributed by atoms with Crippen molar-refractivity contribution < 1.29 is 18.4 Å². The van der Waals surface area contributed by atoms with Gasteiger partial charge in [0.25, 0.3) is 0 Å². The van der Waals surface area contributed by atoms with Crippen molar-refractivity contribution in [3.8, 4) is 16.9 Å². The zero-order valence-corrected chi connectivity index (χ0v) is 10.1. The van der Waals surface area contributed by atoms with Crippen LogP contribution < -0.4 is 10.5 Å². The van der Waals surface area contributed by atoms with Crippen molar-refractivity contribution in [2.45, 2.75) is 6.61 Å². The van der Waals surface area contributed by atoms with E-state index in [-0.39, 0.29) is 11.6 Å². The van der Waals surface area contributed by atoms with Crippen LogP contribution in [-0.2, 0) is 11.3 Å². The van der Waals surface area contributed by atoms with E-state index in [1.165, 1.54) is 26.5 Å². The molecule has 0 fully saturated rings. The van der Waals surface area contributed by atoms with Crippen molar-refractivity contribution in [3.05, 3.63) is 29.7 Å². The molecule has 2 N–H and O–H groups in total. The van der Waals surface area contributed by atoms with Crippen molar-refractivity contribution >= 4 is 5.88 Å².